The van der Waals surface area contributed by atoms with Gasteiger partial charge in [0.2, 0.25) is 0 Å². The van der Waals surface area contributed by atoms with Crippen molar-refractivity contribution in [3.63, 3.8) is 0 Å². The third kappa shape index (κ3) is 9.70. The molecule has 0 aromatic rings. The van der Waals surface area contributed by atoms with Crippen LogP contribution in [0.2, 0.25) is 0 Å². The summed E-state index contributed by atoms with van der Waals surface area (Å²) in [5, 5.41) is 10.8. The second kappa shape index (κ2) is 7.49. The molecule has 4 heteroatoms. The summed E-state index contributed by atoms with van der Waals surface area (Å²) in [7, 11) is 0. The number of aliphatic hydroxyl groups excluding tert-OH is 1. The molecule has 0 bridgehead atoms. The molecule has 0 atom stereocenters. The molecule has 48 valence electrons. The van der Waals surface area contributed by atoms with Gasteiger partial charge in [0.1, 0.15) is 0 Å². The predicted octanol–water partition coefficient (Wildman–Crippen LogP) is -0.0873. The van der Waals surface area contributed by atoms with Crippen LogP contribution in [0.15, 0.2) is 0 Å². The molecule has 0 aliphatic carbocycles. The Bertz CT molecular complexity index is 69.1. The van der Waals surface area contributed by atoms with Crippen LogP contribution in [-0.2, 0) is 0 Å². The van der Waals surface area contributed by atoms with Crippen LogP contribution in [-0.4, -0.2) is 40.7 Å². The molecule has 2 radical (unpaired) electrons. The summed E-state index contributed by atoms with van der Waals surface area (Å²) < 4.78 is 0. The first kappa shape index (κ1) is 11.3. The first-order valence-corrected chi connectivity index (χ1v) is 2.65. The zero-order valence-electron chi connectivity index (χ0n) is 4.98. The third-order valence-corrected chi connectivity index (χ3v) is 0.671. The van der Waals surface area contributed by atoms with E-state index in [9.17, 15) is 0 Å². The molecule has 0 rings (SSSR count). The van der Waals surface area contributed by atoms with Crippen LogP contribution in [0.4, 0.5) is 0 Å². The molecule has 0 aromatic heterocycles. The fraction of sp³-hybridized carbons (Fsp3) is 0.750. The quantitative estimate of drug-likeness (QED) is 0.522. The van der Waals surface area contributed by atoms with Crippen LogP contribution in [0.25, 0.3) is 0 Å². The maximum absolute atomic E-state index is 8.30. The molecule has 0 aliphatic heterocycles. The molecule has 0 amide bonds. The van der Waals surface area contributed by atoms with E-state index >= 15 is 0 Å². The van der Waals surface area contributed by atoms with Crippen molar-refractivity contribution in [3.8, 4) is 0 Å². The van der Waals surface area contributed by atoms with Crippen molar-refractivity contribution in [2.24, 2.45) is 0 Å². The minimum atomic E-state index is -0.109. The third-order valence-electron chi connectivity index (χ3n) is 0.526. The number of hydrogen-bond acceptors (Lipinski definition) is 1. The van der Waals surface area contributed by atoms with Crippen molar-refractivity contribution in [2.75, 3.05) is 6.54 Å². The van der Waals surface area contributed by atoms with Crippen molar-refractivity contribution in [2.45, 2.75) is 13.3 Å². The number of nitrogens with one attached hydrogen (secondary N) is 1. The SMILES string of the molecule is CCCNC(O)=S.[SnH2]. The Morgan fingerprint density at radius 2 is 2.25 bits per heavy atom. The molecule has 8 heavy (non-hydrogen) atoms. The van der Waals surface area contributed by atoms with E-state index in [1.54, 1.807) is 0 Å². The molecule has 2 N–H and O–H groups in total. The van der Waals surface area contributed by atoms with E-state index in [1.165, 1.54) is 0 Å². The molecule has 0 heterocycles. The number of rotatable bonds is 2. The Morgan fingerprint density at radius 3 is 2.38 bits per heavy atom. The average molecular weight is 240 g/mol. The van der Waals surface area contributed by atoms with E-state index in [1.807, 2.05) is 6.92 Å². The van der Waals surface area contributed by atoms with Gasteiger partial charge in [0.15, 0.2) is 0 Å². The van der Waals surface area contributed by atoms with Crippen molar-refractivity contribution in [1.29, 1.82) is 0 Å². The fourth-order valence-corrected chi connectivity index (χ4v) is 0.334. The van der Waals surface area contributed by atoms with Gasteiger partial charge in [-0.25, -0.2) is 0 Å². The Kier molecular flexibility index (Phi) is 10.6. The number of thiocarbonyl (C=S) groups is 1. The zero-order valence-corrected chi connectivity index (χ0v) is 9.83. The topological polar surface area (TPSA) is 32.3 Å². The molecule has 0 aliphatic rings. The van der Waals surface area contributed by atoms with E-state index in [4.69, 9.17) is 5.11 Å². The van der Waals surface area contributed by atoms with Gasteiger partial charge < -0.3 is 10.4 Å². The molecule has 2 nitrogen and oxygen atoms in total. The molecule has 0 saturated heterocycles. The monoisotopic (exact) mass is 241 g/mol. The Hall–Kier alpha value is 0.489. The summed E-state index contributed by atoms with van der Waals surface area (Å²) in [6.07, 6.45) is 0.987. The van der Waals surface area contributed by atoms with Gasteiger partial charge in [0.25, 0.3) is 5.17 Å². The summed E-state index contributed by atoms with van der Waals surface area (Å²) in [6, 6.07) is 0. The molecule has 0 spiro atoms. The average Bonchev–Trinajstić information content (AvgIpc) is 1.61. The van der Waals surface area contributed by atoms with Crippen LogP contribution >= 0.6 is 12.2 Å². The summed E-state index contributed by atoms with van der Waals surface area (Å²) in [5.74, 6) is 0. The molecular weight excluding hydrogens is 229 g/mol. The van der Waals surface area contributed by atoms with Gasteiger partial charge in [-0.05, 0) is 18.6 Å². The Labute approximate surface area is 71.6 Å². The molecular formula is C4H11NOSSn. The van der Waals surface area contributed by atoms with Crippen molar-refractivity contribution in [3.05, 3.63) is 0 Å². The normalized spacial score (nSPS) is 7.12. The van der Waals surface area contributed by atoms with Crippen molar-refractivity contribution < 1.29 is 5.11 Å². The van der Waals surface area contributed by atoms with E-state index in [2.05, 4.69) is 17.5 Å². The Balaban J connectivity index is 0. The standard InChI is InChI=1S/C4H9NOS.Sn.2H/c1-2-3-5-4(6)7;;;/h2-3H2,1H3,(H2,5,6,7);;;. The minimum absolute atomic E-state index is 0. The molecule has 0 saturated carbocycles. The maximum atomic E-state index is 8.30. The predicted molar refractivity (Wildman–Crippen MR) is 42.1 cm³/mol. The van der Waals surface area contributed by atoms with Crippen LogP contribution < -0.4 is 5.32 Å². The van der Waals surface area contributed by atoms with Crippen LogP contribution in [0.3, 0.4) is 0 Å². The van der Waals surface area contributed by atoms with Crippen LogP contribution in [0.1, 0.15) is 13.3 Å². The second-order valence-electron chi connectivity index (χ2n) is 1.23. The molecule has 0 aromatic carbocycles. The fourth-order valence-electron chi connectivity index (χ4n) is 0.232. The van der Waals surface area contributed by atoms with Gasteiger partial charge in [-0.2, -0.15) is 0 Å². The molecule has 0 fully saturated rings. The van der Waals surface area contributed by atoms with E-state index < -0.39 is 0 Å². The van der Waals surface area contributed by atoms with Crippen molar-refractivity contribution in [1.82, 2.24) is 5.32 Å². The van der Waals surface area contributed by atoms with E-state index in [0.29, 0.717) is 0 Å². The first-order chi connectivity index (χ1) is 3.27. The second-order valence-corrected chi connectivity index (χ2v) is 1.62. The first-order valence-electron chi connectivity index (χ1n) is 2.24. The zero-order chi connectivity index (χ0) is 5.70. The summed E-state index contributed by atoms with van der Waals surface area (Å²) in [6.45, 7) is 2.76. The van der Waals surface area contributed by atoms with Gasteiger partial charge in [-0.3, -0.25) is 0 Å². The van der Waals surface area contributed by atoms with Gasteiger partial charge in [-0.15, -0.1) is 0 Å². The van der Waals surface area contributed by atoms with E-state index in [-0.39, 0.29) is 29.1 Å². The van der Waals surface area contributed by atoms with E-state index in [0.717, 1.165) is 13.0 Å². The summed E-state index contributed by atoms with van der Waals surface area (Å²) >= 11 is 4.31. The van der Waals surface area contributed by atoms with Crippen LogP contribution in [0.5, 0.6) is 0 Å². The van der Waals surface area contributed by atoms with Crippen LogP contribution in [0, 0.1) is 0 Å². The number of aliphatic hydroxyl groups is 1. The summed E-state index contributed by atoms with van der Waals surface area (Å²) in [4.78, 5) is 0. The van der Waals surface area contributed by atoms with Gasteiger partial charge in [-0.1, -0.05) is 6.92 Å². The molecule has 0 unspecified atom stereocenters. The number of hydrogen-bond donors (Lipinski definition) is 2. The van der Waals surface area contributed by atoms with Gasteiger partial charge >= 0.3 is 23.9 Å². The van der Waals surface area contributed by atoms with Crippen molar-refractivity contribution >= 4 is 41.3 Å². The Morgan fingerprint density at radius 1 is 1.75 bits per heavy atom. The van der Waals surface area contributed by atoms with Gasteiger partial charge in [0, 0.05) is 6.54 Å². The summed E-state index contributed by atoms with van der Waals surface area (Å²) in [5.41, 5.74) is 0. The van der Waals surface area contributed by atoms with Gasteiger partial charge in [0.05, 0.1) is 0 Å².